The molecule has 0 aromatic heterocycles. The fraction of sp³-hybridized carbons (Fsp3) is 0.350. The number of carbonyl (C=O) groups is 1. The van der Waals surface area contributed by atoms with Gasteiger partial charge in [0.25, 0.3) is 5.91 Å². The van der Waals surface area contributed by atoms with Crippen molar-refractivity contribution < 1.29 is 17.9 Å². The Labute approximate surface area is 161 Å². The number of ether oxygens (including phenoxy) is 1. The van der Waals surface area contributed by atoms with Crippen LogP contribution in [0.25, 0.3) is 0 Å². The van der Waals surface area contributed by atoms with E-state index in [0.717, 1.165) is 24.8 Å². The quantitative estimate of drug-likeness (QED) is 0.644. The highest BCUT2D eigenvalue weighted by molar-refractivity contribution is 7.92. The molecule has 0 radical (unpaired) electrons. The lowest BCUT2D eigenvalue weighted by atomic mass is 10.1. The van der Waals surface area contributed by atoms with Gasteiger partial charge >= 0.3 is 0 Å². The predicted octanol–water partition coefficient (Wildman–Crippen LogP) is 3.21. The zero-order chi connectivity index (χ0) is 19.9. The van der Waals surface area contributed by atoms with Crippen molar-refractivity contribution in [1.82, 2.24) is 5.32 Å². The number of hydrogen-bond donors (Lipinski definition) is 2. The van der Waals surface area contributed by atoms with Crippen molar-refractivity contribution in [3.8, 4) is 5.75 Å². The fourth-order valence-electron chi connectivity index (χ4n) is 2.55. The average molecular weight is 391 g/mol. The van der Waals surface area contributed by atoms with Crippen LogP contribution < -0.4 is 14.8 Å². The van der Waals surface area contributed by atoms with Crippen LogP contribution in [0.1, 0.15) is 36.2 Å². The second-order valence-electron chi connectivity index (χ2n) is 6.63. The molecule has 0 aliphatic heterocycles. The molecule has 0 atom stereocenters. The Morgan fingerprint density at radius 1 is 1.11 bits per heavy atom. The van der Waals surface area contributed by atoms with E-state index in [-0.39, 0.29) is 12.0 Å². The summed E-state index contributed by atoms with van der Waals surface area (Å²) in [5.74, 6) is 0.673. The molecule has 0 aliphatic carbocycles. The Kier molecular flexibility index (Phi) is 7.24. The van der Waals surface area contributed by atoms with E-state index in [9.17, 15) is 13.2 Å². The van der Waals surface area contributed by atoms with Gasteiger partial charge in [-0.25, -0.2) is 8.42 Å². The van der Waals surface area contributed by atoms with Crippen LogP contribution in [0.15, 0.2) is 48.5 Å². The van der Waals surface area contributed by atoms with Gasteiger partial charge in [-0.15, -0.1) is 0 Å². The fourth-order valence-corrected chi connectivity index (χ4v) is 3.11. The van der Waals surface area contributed by atoms with Crippen molar-refractivity contribution in [1.29, 1.82) is 0 Å². The molecule has 27 heavy (non-hydrogen) atoms. The minimum Gasteiger partial charge on any atom is -0.491 e. The second-order valence-corrected chi connectivity index (χ2v) is 8.37. The number of benzene rings is 2. The van der Waals surface area contributed by atoms with Crippen molar-refractivity contribution in [3.05, 3.63) is 59.7 Å². The molecule has 1 amide bonds. The molecule has 146 valence electrons. The molecule has 2 N–H and O–H groups in total. The normalized spacial score (nSPS) is 11.3. The van der Waals surface area contributed by atoms with E-state index in [1.165, 1.54) is 5.56 Å². The maximum atomic E-state index is 12.2. The van der Waals surface area contributed by atoms with Gasteiger partial charge in [-0.3, -0.25) is 9.52 Å². The number of amides is 1. The van der Waals surface area contributed by atoms with Crippen molar-refractivity contribution >= 4 is 21.6 Å². The van der Waals surface area contributed by atoms with E-state index in [4.69, 9.17) is 4.74 Å². The predicted molar refractivity (Wildman–Crippen MR) is 108 cm³/mol. The molecular weight excluding hydrogens is 364 g/mol. The third-order valence-electron chi connectivity index (χ3n) is 3.65. The highest BCUT2D eigenvalue weighted by Crippen LogP contribution is 2.16. The lowest BCUT2D eigenvalue weighted by molar-refractivity contribution is 0.0953. The summed E-state index contributed by atoms with van der Waals surface area (Å²) in [5.41, 5.74) is 2.08. The minimum atomic E-state index is -3.32. The van der Waals surface area contributed by atoms with E-state index in [1.54, 1.807) is 24.3 Å². The van der Waals surface area contributed by atoms with E-state index >= 15 is 0 Å². The SMILES string of the molecule is CC(C)Oc1cccc(CCCNC(=O)c2ccc(NS(C)(=O)=O)cc2)c1. The minimum absolute atomic E-state index is 0.138. The Morgan fingerprint density at radius 2 is 1.81 bits per heavy atom. The maximum absolute atomic E-state index is 12.2. The lowest BCUT2D eigenvalue weighted by Gasteiger charge is -2.11. The molecule has 2 rings (SSSR count). The molecule has 6 nitrogen and oxygen atoms in total. The number of sulfonamides is 1. The first-order valence-corrected chi connectivity index (χ1v) is 10.7. The van der Waals surface area contributed by atoms with Crippen LogP contribution in [0.3, 0.4) is 0 Å². The Morgan fingerprint density at radius 3 is 2.44 bits per heavy atom. The first-order valence-electron chi connectivity index (χ1n) is 8.84. The summed E-state index contributed by atoms with van der Waals surface area (Å²) in [7, 11) is -3.32. The molecule has 0 saturated carbocycles. The zero-order valence-corrected chi connectivity index (χ0v) is 16.7. The van der Waals surface area contributed by atoms with Crippen LogP contribution in [0.5, 0.6) is 5.75 Å². The van der Waals surface area contributed by atoms with Crippen LogP contribution in [-0.4, -0.2) is 33.2 Å². The van der Waals surface area contributed by atoms with E-state index in [1.807, 2.05) is 38.1 Å². The molecule has 0 saturated heterocycles. The number of hydrogen-bond acceptors (Lipinski definition) is 4. The standard InChI is InChI=1S/C20H26N2O4S/c1-15(2)26-19-8-4-6-16(14-19)7-5-13-21-20(23)17-9-11-18(12-10-17)22-27(3,24)25/h4,6,8-12,14-15,22H,5,7,13H2,1-3H3,(H,21,23). The number of rotatable bonds is 9. The molecule has 0 spiro atoms. The smallest absolute Gasteiger partial charge is 0.251 e. The van der Waals surface area contributed by atoms with Gasteiger partial charge in [-0.1, -0.05) is 12.1 Å². The summed E-state index contributed by atoms with van der Waals surface area (Å²) >= 11 is 0. The van der Waals surface area contributed by atoms with Gasteiger partial charge in [-0.05, 0) is 68.7 Å². The van der Waals surface area contributed by atoms with Gasteiger partial charge in [0.2, 0.25) is 10.0 Å². The molecule has 7 heteroatoms. The molecular formula is C20H26N2O4S. The molecule has 0 aliphatic rings. The second kappa shape index (κ2) is 9.41. The van der Waals surface area contributed by atoms with Crippen LogP contribution in [0, 0.1) is 0 Å². The molecule has 0 fully saturated rings. The molecule has 0 unspecified atom stereocenters. The van der Waals surface area contributed by atoms with Crippen LogP contribution >= 0.6 is 0 Å². The van der Waals surface area contributed by atoms with Crippen molar-refractivity contribution in [3.63, 3.8) is 0 Å². The molecule has 0 heterocycles. The monoisotopic (exact) mass is 390 g/mol. The molecule has 2 aromatic carbocycles. The summed E-state index contributed by atoms with van der Waals surface area (Å²) < 4.78 is 30.4. The summed E-state index contributed by atoms with van der Waals surface area (Å²) in [6.07, 6.45) is 2.87. The average Bonchev–Trinajstić information content (AvgIpc) is 2.57. The topological polar surface area (TPSA) is 84.5 Å². The van der Waals surface area contributed by atoms with Gasteiger partial charge in [0.05, 0.1) is 12.4 Å². The third-order valence-corrected chi connectivity index (χ3v) is 4.25. The van der Waals surface area contributed by atoms with Crippen LogP contribution in [0.4, 0.5) is 5.69 Å². The van der Waals surface area contributed by atoms with Gasteiger partial charge < -0.3 is 10.1 Å². The maximum Gasteiger partial charge on any atom is 0.251 e. The number of anilines is 1. The largest absolute Gasteiger partial charge is 0.491 e. The summed E-state index contributed by atoms with van der Waals surface area (Å²) in [4.78, 5) is 12.2. The van der Waals surface area contributed by atoms with Gasteiger partial charge in [0.1, 0.15) is 5.75 Å². The lowest BCUT2D eigenvalue weighted by Crippen LogP contribution is -2.24. The Balaban J connectivity index is 1.79. The number of nitrogens with one attached hydrogen (secondary N) is 2. The van der Waals surface area contributed by atoms with Crippen LogP contribution in [0.2, 0.25) is 0 Å². The Hall–Kier alpha value is -2.54. The van der Waals surface area contributed by atoms with Crippen molar-refractivity contribution in [2.75, 3.05) is 17.5 Å². The summed E-state index contributed by atoms with van der Waals surface area (Å²) in [6, 6.07) is 14.3. The molecule has 2 aromatic rings. The summed E-state index contributed by atoms with van der Waals surface area (Å²) in [5, 5.41) is 2.87. The zero-order valence-electron chi connectivity index (χ0n) is 15.9. The first-order chi connectivity index (χ1) is 12.7. The van der Waals surface area contributed by atoms with Gasteiger partial charge in [0, 0.05) is 17.8 Å². The molecule has 0 bridgehead atoms. The highest BCUT2D eigenvalue weighted by Gasteiger charge is 2.07. The van der Waals surface area contributed by atoms with Crippen molar-refractivity contribution in [2.45, 2.75) is 32.8 Å². The van der Waals surface area contributed by atoms with E-state index in [0.29, 0.717) is 17.8 Å². The van der Waals surface area contributed by atoms with Gasteiger partial charge in [-0.2, -0.15) is 0 Å². The number of carbonyl (C=O) groups excluding carboxylic acids is 1. The highest BCUT2D eigenvalue weighted by atomic mass is 32.2. The van der Waals surface area contributed by atoms with E-state index < -0.39 is 10.0 Å². The van der Waals surface area contributed by atoms with Crippen LogP contribution in [-0.2, 0) is 16.4 Å². The van der Waals surface area contributed by atoms with Gasteiger partial charge in [0.15, 0.2) is 0 Å². The Bertz CT molecular complexity index is 862. The van der Waals surface area contributed by atoms with Crippen molar-refractivity contribution in [2.24, 2.45) is 0 Å². The summed E-state index contributed by atoms with van der Waals surface area (Å²) in [6.45, 7) is 4.54. The first kappa shape index (κ1) is 20.8. The third kappa shape index (κ3) is 7.70. The van der Waals surface area contributed by atoms with E-state index in [2.05, 4.69) is 10.0 Å². The number of aryl methyl sites for hydroxylation is 1.